The number of piperidine rings is 1. The summed E-state index contributed by atoms with van der Waals surface area (Å²) in [4.78, 5) is 57.4. The van der Waals surface area contributed by atoms with Gasteiger partial charge in [0.25, 0.3) is 11.7 Å². The Morgan fingerprint density at radius 2 is 1.67 bits per heavy atom. The maximum Gasteiger partial charge on any atom is 0.329 e. The van der Waals surface area contributed by atoms with Crippen molar-refractivity contribution >= 4 is 23.4 Å². The van der Waals surface area contributed by atoms with Crippen LogP contribution in [0.5, 0.6) is 0 Å². The van der Waals surface area contributed by atoms with Gasteiger partial charge in [0, 0.05) is 37.8 Å². The minimum atomic E-state index is -2.32. The number of allylic oxidation sites excluding steroid dienone is 3. The van der Waals surface area contributed by atoms with Gasteiger partial charge in [-0.25, -0.2) is 4.79 Å². The topological polar surface area (TPSA) is 160 Å². The average Bonchev–Trinajstić information content (AvgIpc) is 3.15. The molecule has 4 aliphatic rings. The summed E-state index contributed by atoms with van der Waals surface area (Å²) in [6, 6.07) is -1.08. The number of aliphatic hydroxyl groups excluding tert-OH is 2. The number of hydrogen-bond donors (Lipinski definition) is 3. The molecule has 2 bridgehead atoms. The van der Waals surface area contributed by atoms with Gasteiger partial charge < -0.3 is 34.4 Å². The molecule has 3 aliphatic heterocycles. The molecule has 0 radical (unpaired) electrons. The van der Waals surface area contributed by atoms with Crippen molar-refractivity contribution in [1.82, 2.24) is 4.90 Å². The minimum Gasteiger partial charge on any atom is -0.456 e. The van der Waals surface area contributed by atoms with E-state index in [2.05, 4.69) is 13.8 Å². The first kappa shape index (κ1) is 46.9. The smallest absolute Gasteiger partial charge is 0.329 e. The number of amides is 1. The van der Waals surface area contributed by atoms with Crippen molar-refractivity contribution in [3.63, 3.8) is 0 Å². The highest BCUT2D eigenvalue weighted by molar-refractivity contribution is 6.39. The van der Waals surface area contributed by atoms with E-state index in [1.807, 2.05) is 32.9 Å². The Morgan fingerprint density at radius 3 is 2.33 bits per heavy atom. The first-order valence-electron chi connectivity index (χ1n) is 20.8. The molecule has 11 heteroatoms. The zero-order chi connectivity index (χ0) is 39.9. The molecule has 13 atom stereocenters. The van der Waals surface area contributed by atoms with Crippen molar-refractivity contribution in [3.05, 3.63) is 23.3 Å². The molecule has 1 saturated carbocycles. The van der Waals surface area contributed by atoms with E-state index < -0.39 is 65.7 Å². The Kier molecular flexibility index (Phi) is 17.8. The Labute approximate surface area is 330 Å². The van der Waals surface area contributed by atoms with Crippen molar-refractivity contribution < 1.29 is 48.7 Å². The normalized spacial score (nSPS) is 40.5. The summed E-state index contributed by atoms with van der Waals surface area (Å²) in [5.74, 6) is -6.52. The number of carbonyl (C=O) groups is 4. The van der Waals surface area contributed by atoms with E-state index in [0.29, 0.717) is 56.9 Å². The predicted molar refractivity (Wildman–Crippen MR) is 212 cm³/mol. The highest BCUT2D eigenvalue weighted by atomic mass is 16.6. The molecule has 0 aromatic rings. The van der Waals surface area contributed by atoms with E-state index in [4.69, 9.17) is 14.2 Å². The summed E-state index contributed by atoms with van der Waals surface area (Å²) >= 11 is 0. The molecule has 0 aromatic carbocycles. The van der Waals surface area contributed by atoms with Gasteiger partial charge in [0.15, 0.2) is 0 Å². The number of Topliss-reactive ketones (excluding diaryl/α,β-unsaturated/α-hetero) is 2. The molecule has 3 N–H and O–H groups in total. The van der Waals surface area contributed by atoms with Gasteiger partial charge in [-0.3, -0.25) is 14.4 Å². The van der Waals surface area contributed by atoms with Crippen molar-refractivity contribution in [1.29, 1.82) is 0 Å². The quantitative estimate of drug-likeness (QED) is 0.160. The zero-order valence-electron chi connectivity index (χ0n) is 34.1. The first-order chi connectivity index (χ1) is 25.5. The number of methoxy groups -OCH3 is 1. The second-order valence-electron chi connectivity index (χ2n) is 17.2. The molecule has 4 rings (SSSR count). The van der Waals surface area contributed by atoms with Gasteiger partial charge in [0.2, 0.25) is 5.79 Å². The van der Waals surface area contributed by atoms with Crippen LogP contribution in [0.1, 0.15) is 139 Å². The summed E-state index contributed by atoms with van der Waals surface area (Å²) in [7, 11) is 1.57. The number of aliphatic hydroxyl groups is 3. The van der Waals surface area contributed by atoms with Crippen LogP contribution in [0.15, 0.2) is 23.3 Å². The van der Waals surface area contributed by atoms with Crippen molar-refractivity contribution in [2.45, 2.75) is 182 Å². The van der Waals surface area contributed by atoms with Crippen LogP contribution in [0.25, 0.3) is 0 Å². The van der Waals surface area contributed by atoms with Gasteiger partial charge in [-0.1, -0.05) is 66.2 Å². The molecular formula is C44H73NO10. The lowest BCUT2D eigenvalue weighted by Crippen LogP contribution is -2.61. The van der Waals surface area contributed by atoms with E-state index in [1.165, 1.54) is 4.90 Å². The molecule has 7 unspecified atom stereocenters. The Balaban J connectivity index is 0.00000812. The molecule has 3 heterocycles. The van der Waals surface area contributed by atoms with E-state index in [-0.39, 0.29) is 62.4 Å². The molecular weight excluding hydrogens is 702 g/mol. The van der Waals surface area contributed by atoms with Crippen molar-refractivity contribution in [3.8, 4) is 0 Å². The largest absolute Gasteiger partial charge is 0.456 e. The van der Waals surface area contributed by atoms with E-state index in [9.17, 15) is 34.5 Å². The lowest BCUT2D eigenvalue weighted by molar-refractivity contribution is -0.271. The van der Waals surface area contributed by atoms with Crippen molar-refractivity contribution in [2.75, 3.05) is 13.7 Å². The minimum absolute atomic E-state index is 0. The number of cyclic esters (lactones) is 1. The van der Waals surface area contributed by atoms with Crippen LogP contribution in [0.4, 0.5) is 0 Å². The molecule has 0 aromatic heterocycles. The third-order valence-electron chi connectivity index (χ3n) is 13.0. The van der Waals surface area contributed by atoms with Crippen LogP contribution in [0, 0.1) is 35.5 Å². The lowest BCUT2D eigenvalue weighted by atomic mass is 9.79. The fourth-order valence-electron chi connectivity index (χ4n) is 9.49. The number of ketones is 2. The zero-order valence-corrected chi connectivity index (χ0v) is 34.1. The van der Waals surface area contributed by atoms with E-state index in [0.717, 1.165) is 24.8 Å². The SMILES string of the molecule is C.CC[C@H]1C[C@@H](C)C/C(C)=C/[C@@H](CC)C(=O)CC(O)[C@@H](C)C(/C(C)=C/[C@@H]2CCC(O)C(OC)C2)OC(=O)C2CCCCN2C(=O)C(=O)C2(O)OC1CC[C@H]2C. The monoisotopic (exact) mass is 776 g/mol. The molecule has 11 nitrogen and oxygen atoms in total. The summed E-state index contributed by atoms with van der Waals surface area (Å²) < 4.78 is 18.1. The molecule has 1 amide bonds. The molecule has 314 valence electrons. The summed E-state index contributed by atoms with van der Waals surface area (Å²) in [5, 5.41) is 33.9. The molecule has 1 aliphatic carbocycles. The summed E-state index contributed by atoms with van der Waals surface area (Å²) in [6.07, 6.45) is 7.88. The fourth-order valence-corrected chi connectivity index (χ4v) is 9.49. The van der Waals surface area contributed by atoms with Gasteiger partial charge in [-0.15, -0.1) is 0 Å². The molecule has 0 spiro atoms. The van der Waals surface area contributed by atoms with Gasteiger partial charge in [-0.2, -0.15) is 0 Å². The third kappa shape index (κ3) is 11.4. The number of carbonyl (C=O) groups excluding carboxylic acids is 4. The molecule has 2 saturated heterocycles. The Morgan fingerprint density at radius 1 is 0.964 bits per heavy atom. The highest BCUT2D eigenvalue weighted by Crippen LogP contribution is 2.40. The number of esters is 1. The number of ether oxygens (including phenoxy) is 3. The van der Waals surface area contributed by atoms with Crippen LogP contribution >= 0.6 is 0 Å². The van der Waals surface area contributed by atoms with Crippen LogP contribution in [0.2, 0.25) is 0 Å². The first-order valence-corrected chi connectivity index (χ1v) is 20.8. The number of nitrogens with zero attached hydrogens (tertiary/aromatic N) is 1. The van der Waals surface area contributed by atoms with E-state index in [1.54, 1.807) is 21.0 Å². The average molecular weight is 776 g/mol. The standard InChI is InChI=1S/C43H69NO10.CH4/c1-9-31-20-25(3)19-26(4)21-32(10-2)37-17-14-28(6)43(51,54-37)40(48)41(49)44-18-12-11-13-33(44)42(50)53-39(29(7)35(46)24-36(31)47)27(5)22-30-15-16-34(45)38(23-30)52-8;/h20,22,26,28-35,37-39,45-46,51H,9-19,21,23-24H2,1-8H3;1H4/b25-20+,27-22+;/t26-,28+,29+,30-,31+,32-,33?,34?,35?,37?,38?,39?,43?;/m0./s1. The van der Waals surface area contributed by atoms with Crippen LogP contribution in [-0.4, -0.2) is 99.7 Å². The third-order valence-corrected chi connectivity index (χ3v) is 13.0. The second-order valence-corrected chi connectivity index (χ2v) is 17.2. The molecule has 55 heavy (non-hydrogen) atoms. The number of rotatable bonds is 5. The van der Waals surface area contributed by atoms with Crippen LogP contribution in [0.3, 0.4) is 0 Å². The van der Waals surface area contributed by atoms with Gasteiger partial charge in [0.1, 0.15) is 17.9 Å². The Bertz CT molecular complexity index is 1380. The van der Waals surface area contributed by atoms with Crippen LogP contribution < -0.4 is 0 Å². The summed E-state index contributed by atoms with van der Waals surface area (Å²) in [5.41, 5.74) is 1.77. The highest BCUT2D eigenvalue weighted by Gasteiger charge is 2.53. The second kappa shape index (κ2) is 20.8. The Hall–Kier alpha value is -2.44. The van der Waals surface area contributed by atoms with Crippen molar-refractivity contribution in [2.24, 2.45) is 35.5 Å². The maximum atomic E-state index is 14.2. The van der Waals surface area contributed by atoms with Gasteiger partial charge >= 0.3 is 5.97 Å². The number of hydrogen-bond acceptors (Lipinski definition) is 10. The number of fused-ring (bicyclic) bond motifs is 3. The summed E-state index contributed by atoms with van der Waals surface area (Å²) in [6.45, 7) is 13.7. The van der Waals surface area contributed by atoms with Gasteiger partial charge in [0.05, 0.1) is 24.4 Å². The lowest BCUT2D eigenvalue weighted by Gasteiger charge is -2.44. The van der Waals surface area contributed by atoms with Crippen LogP contribution in [-0.2, 0) is 33.4 Å². The predicted octanol–water partition coefficient (Wildman–Crippen LogP) is 6.50. The van der Waals surface area contributed by atoms with E-state index >= 15 is 0 Å². The fraction of sp³-hybridized carbons (Fsp3) is 0.818. The molecule has 3 fully saturated rings. The van der Waals surface area contributed by atoms with Gasteiger partial charge in [-0.05, 0) is 108 Å². The maximum absolute atomic E-state index is 14.2.